The highest BCUT2D eigenvalue weighted by atomic mass is 16.5. The normalized spacial score (nSPS) is 26.8. The van der Waals surface area contributed by atoms with Crippen molar-refractivity contribution in [1.82, 2.24) is 5.32 Å². The Kier molecular flexibility index (Phi) is 6.98. The fraction of sp³-hybridized carbons (Fsp3) is 1.00. The maximum atomic E-state index is 5.83. The van der Waals surface area contributed by atoms with Gasteiger partial charge in [-0.25, -0.2) is 0 Å². The van der Waals surface area contributed by atoms with Crippen molar-refractivity contribution < 1.29 is 9.47 Å². The molecule has 1 aliphatic carbocycles. The zero-order chi connectivity index (χ0) is 10.9. The summed E-state index contributed by atoms with van der Waals surface area (Å²) in [7, 11) is 1.72. The van der Waals surface area contributed by atoms with E-state index in [1.54, 1.807) is 7.11 Å². The lowest BCUT2D eigenvalue weighted by molar-refractivity contribution is 0.0170. The summed E-state index contributed by atoms with van der Waals surface area (Å²) in [4.78, 5) is 0. The van der Waals surface area contributed by atoms with Gasteiger partial charge in [0.05, 0.1) is 19.3 Å². The average molecular weight is 215 g/mol. The van der Waals surface area contributed by atoms with E-state index in [0.717, 1.165) is 32.2 Å². The minimum atomic E-state index is 0.512. The van der Waals surface area contributed by atoms with Gasteiger partial charge in [0.1, 0.15) is 0 Å². The van der Waals surface area contributed by atoms with Crippen LogP contribution in [0.5, 0.6) is 0 Å². The molecule has 2 unspecified atom stereocenters. The van der Waals surface area contributed by atoms with Gasteiger partial charge in [0, 0.05) is 20.2 Å². The molecule has 0 spiro atoms. The number of nitrogens with one attached hydrogen (secondary N) is 1. The molecule has 1 aliphatic rings. The predicted molar refractivity (Wildman–Crippen MR) is 62.1 cm³/mol. The van der Waals surface area contributed by atoms with Gasteiger partial charge >= 0.3 is 0 Å². The largest absolute Gasteiger partial charge is 0.383 e. The van der Waals surface area contributed by atoms with Crippen molar-refractivity contribution in [2.45, 2.75) is 38.7 Å². The van der Waals surface area contributed by atoms with Crippen molar-refractivity contribution in [3.8, 4) is 0 Å². The summed E-state index contributed by atoms with van der Waals surface area (Å²) >= 11 is 0. The molecular formula is C12H25NO2. The lowest BCUT2D eigenvalue weighted by atomic mass is 9.89. The first-order valence-corrected chi connectivity index (χ1v) is 6.14. The quantitative estimate of drug-likeness (QED) is 0.657. The lowest BCUT2D eigenvalue weighted by Gasteiger charge is -2.26. The zero-order valence-corrected chi connectivity index (χ0v) is 10.1. The molecule has 3 nitrogen and oxygen atoms in total. The van der Waals surface area contributed by atoms with Gasteiger partial charge in [-0.15, -0.1) is 0 Å². The van der Waals surface area contributed by atoms with Crippen molar-refractivity contribution in [3.63, 3.8) is 0 Å². The first kappa shape index (κ1) is 12.9. The van der Waals surface area contributed by atoms with E-state index in [-0.39, 0.29) is 0 Å². The van der Waals surface area contributed by atoms with Gasteiger partial charge in [0.15, 0.2) is 0 Å². The molecule has 2 atom stereocenters. The summed E-state index contributed by atoms with van der Waals surface area (Å²) in [6.45, 7) is 5.79. The lowest BCUT2D eigenvalue weighted by Crippen LogP contribution is -2.28. The SMILES string of the molecule is COCCNCCOC1CCCC(C)C1. The summed E-state index contributed by atoms with van der Waals surface area (Å²) in [5.41, 5.74) is 0. The maximum absolute atomic E-state index is 5.83. The molecular weight excluding hydrogens is 190 g/mol. The van der Waals surface area contributed by atoms with Crippen molar-refractivity contribution >= 4 is 0 Å². The first-order chi connectivity index (χ1) is 7.33. The molecule has 0 aromatic heterocycles. The van der Waals surface area contributed by atoms with Crippen molar-refractivity contribution in [1.29, 1.82) is 0 Å². The molecule has 0 bridgehead atoms. The second-order valence-electron chi connectivity index (χ2n) is 4.51. The molecule has 1 N–H and O–H groups in total. The second kappa shape index (κ2) is 8.08. The van der Waals surface area contributed by atoms with Gasteiger partial charge < -0.3 is 14.8 Å². The van der Waals surface area contributed by atoms with Gasteiger partial charge in [0.25, 0.3) is 0 Å². The van der Waals surface area contributed by atoms with E-state index >= 15 is 0 Å². The van der Waals surface area contributed by atoms with E-state index in [1.165, 1.54) is 25.7 Å². The van der Waals surface area contributed by atoms with Crippen LogP contribution in [0.1, 0.15) is 32.6 Å². The van der Waals surface area contributed by atoms with Gasteiger partial charge in [-0.05, 0) is 18.8 Å². The third-order valence-electron chi connectivity index (χ3n) is 3.00. The van der Waals surface area contributed by atoms with Crippen molar-refractivity contribution in [2.75, 3.05) is 33.4 Å². The van der Waals surface area contributed by atoms with Crippen LogP contribution >= 0.6 is 0 Å². The zero-order valence-electron chi connectivity index (χ0n) is 10.1. The van der Waals surface area contributed by atoms with Crippen LogP contribution in [-0.4, -0.2) is 39.5 Å². The molecule has 1 rings (SSSR count). The Morgan fingerprint density at radius 2 is 2.00 bits per heavy atom. The minimum Gasteiger partial charge on any atom is -0.383 e. The first-order valence-electron chi connectivity index (χ1n) is 6.14. The highest BCUT2D eigenvalue weighted by molar-refractivity contribution is 4.70. The van der Waals surface area contributed by atoms with Crippen LogP contribution in [0.2, 0.25) is 0 Å². The van der Waals surface area contributed by atoms with E-state index in [1.807, 2.05) is 0 Å². The molecule has 1 fully saturated rings. The Labute approximate surface area is 93.5 Å². The highest BCUT2D eigenvalue weighted by Gasteiger charge is 2.18. The summed E-state index contributed by atoms with van der Waals surface area (Å²) in [6.07, 6.45) is 5.73. The van der Waals surface area contributed by atoms with Crippen molar-refractivity contribution in [2.24, 2.45) is 5.92 Å². The van der Waals surface area contributed by atoms with E-state index in [2.05, 4.69) is 12.2 Å². The Morgan fingerprint density at radius 1 is 1.20 bits per heavy atom. The standard InChI is InChI=1S/C12H25NO2/c1-11-4-3-5-12(10-11)15-9-7-13-6-8-14-2/h11-13H,3-10H2,1-2H3. The average Bonchev–Trinajstić information content (AvgIpc) is 2.23. The fourth-order valence-corrected chi connectivity index (χ4v) is 2.13. The molecule has 0 aromatic rings. The predicted octanol–water partition coefficient (Wildman–Crippen LogP) is 1.82. The van der Waals surface area contributed by atoms with Crippen LogP contribution in [0.3, 0.4) is 0 Å². The molecule has 0 amide bonds. The van der Waals surface area contributed by atoms with Gasteiger partial charge in [0.2, 0.25) is 0 Å². The number of hydrogen-bond donors (Lipinski definition) is 1. The molecule has 90 valence electrons. The molecule has 1 saturated carbocycles. The Hall–Kier alpha value is -0.120. The number of ether oxygens (including phenoxy) is 2. The van der Waals surface area contributed by atoms with Crippen LogP contribution in [0.25, 0.3) is 0 Å². The summed E-state index contributed by atoms with van der Waals surface area (Å²) in [6, 6.07) is 0. The third-order valence-corrected chi connectivity index (χ3v) is 3.00. The minimum absolute atomic E-state index is 0.512. The maximum Gasteiger partial charge on any atom is 0.0594 e. The second-order valence-corrected chi connectivity index (χ2v) is 4.51. The smallest absolute Gasteiger partial charge is 0.0594 e. The molecule has 0 aliphatic heterocycles. The molecule has 0 heterocycles. The van der Waals surface area contributed by atoms with E-state index in [9.17, 15) is 0 Å². The summed E-state index contributed by atoms with van der Waals surface area (Å²) in [5.74, 6) is 0.852. The van der Waals surface area contributed by atoms with Crippen LogP contribution in [0, 0.1) is 5.92 Å². The Bertz CT molecular complexity index is 153. The van der Waals surface area contributed by atoms with Crippen molar-refractivity contribution in [3.05, 3.63) is 0 Å². The highest BCUT2D eigenvalue weighted by Crippen LogP contribution is 2.25. The van der Waals surface area contributed by atoms with Gasteiger partial charge in [-0.2, -0.15) is 0 Å². The van der Waals surface area contributed by atoms with Gasteiger partial charge in [-0.3, -0.25) is 0 Å². The van der Waals surface area contributed by atoms with Crippen LogP contribution < -0.4 is 5.32 Å². The van der Waals surface area contributed by atoms with Crippen LogP contribution in [0.4, 0.5) is 0 Å². The topological polar surface area (TPSA) is 30.5 Å². The van der Waals surface area contributed by atoms with E-state index in [0.29, 0.717) is 6.10 Å². The molecule has 15 heavy (non-hydrogen) atoms. The van der Waals surface area contributed by atoms with Crippen LogP contribution in [-0.2, 0) is 9.47 Å². The Morgan fingerprint density at radius 3 is 2.73 bits per heavy atom. The number of rotatable bonds is 7. The van der Waals surface area contributed by atoms with Crippen LogP contribution in [0.15, 0.2) is 0 Å². The summed E-state index contributed by atoms with van der Waals surface area (Å²) in [5, 5.41) is 3.29. The Balaban J connectivity index is 1.90. The molecule has 0 aromatic carbocycles. The summed E-state index contributed by atoms with van der Waals surface area (Å²) < 4.78 is 10.8. The third kappa shape index (κ3) is 6.13. The van der Waals surface area contributed by atoms with Gasteiger partial charge in [-0.1, -0.05) is 19.8 Å². The van der Waals surface area contributed by atoms with E-state index in [4.69, 9.17) is 9.47 Å². The number of hydrogen-bond acceptors (Lipinski definition) is 3. The molecule has 3 heteroatoms. The fourth-order valence-electron chi connectivity index (χ4n) is 2.13. The number of methoxy groups -OCH3 is 1. The molecule has 0 radical (unpaired) electrons. The monoisotopic (exact) mass is 215 g/mol. The van der Waals surface area contributed by atoms with E-state index < -0.39 is 0 Å². The molecule has 0 saturated heterocycles.